The highest BCUT2D eigenvalue weighted by Crippen LogP contribution is 2.78. The molecule has 0 spiro atoms. The second-order valence-electron chi connectivity index (χ2n) is 15.4. The maximum atomic E-state index is 12.1. The number of ether oxygens (including phenoxy) is 1. The second kappa shape index (κ2) is 7.81. The Morgan fingerprint density at radius 3 is 2.17 bits per heavy atom. The van der Waals surface area contributed by atoms with Crippen LogP contribution in [-0.4, -0.2) is 50.1 Å². The molecule has 1 saturated heterocycles. The Bertz CT molecular complexity index is 926. The minimum Gasteiger partial charge on any atom is -0.393 e. The van der Waals surface area contributed by atoms with Crippen LogP contribution in [0.4, 0.5) is 0 Å². The smallest absolute Gasteiger partial charge is 0.198 e. The topological polar surface area (TPSA) is 90.2 Å². The number of aliphatic hydroxyl groups is 4. The van der Waals surface area contributed by atoms with Crippen LogP contribution in [0.25, 0.3) is 0 Å². The summed E-state index contributed by atoms with van der Waals surface area (Å²) in [5, 5.41) is 47.0. The Labute approximate surface area is 218 Å². The number of aliphatic hydroxyl groups excluding tert-OH is 2. The van der Waals surface area contributed by atoms with E-state index in [4.69, 9.17) is 4.74 Å². The molecule has 0 amide bonds. The van der Waals surface area contributed by atoms with Gasteiger partial charge in [0.25, 0.3) is 0 Å². The van der Waals surface area contributed by atoms with Crippen LogP contribution in [0.3, 0.4) is 0 Å². The normalized spacial score (nSPS) is 57.6. The lowest BCUT2D eigenvalue weighted by molar-refractivity contribution is -0.284. The first kappa shape index (κ1) is 27.1. The molecule has 1 aliphatic heterocycles. The largest absolute Gasteiger partial charge is 0.393 e. The maximum absolute atomic E-state index is 12.1. The number of fused-ring (bicyclic) bond motifs is 7. The van der Waals surface area contributed by atoms with Crippen molar-refractivity contribution >= 4 is 0 Å². The summed E-state index contributed by atoms with van der Waals surface area (Å²) < 4.78 is 6.34. The molecule has 5 fully saturated rings. The highest BCUT2D eigenvalue weighted by atomic mass is 16.7. The predicted octanol–water partition coefficient (Wildman–Crippen LogP) is 5.05. The van der Waals surface area contributed by atoms with E-state index in [1.165, 1.54) is 0 Å². The Morgan fingerprint density at radius 1 is 0.917 bits per heavy atom. The fraction of sp³-hybridized carbons (Fsp3) is 0.935. The Morgan fingerprint density at radius 2 is 1.56 bits per heavy atom. The number of hydrogen-bond donors (Lipinski definition) is 4. The molecule has 4 N–H and O–H groups in total. The molecule has 36 heavy (non-hydrogen) atoms. The molecule has 0 bridgehead atoms. The zero-order valence-electron chi connectivity index (χ0n) is 24.0. The van der Waals surface area contributed by atoms with Gasteiger partial charge in [-0.05, 0) is 91.8 Å². The third kappa shape index (κ3) is 3.01. The van der Waals surface area contributed by atoms with E-state index in [-0.39, 0.29) is 34.2 Å². The summed E-state index contributed by atoms with van der Waals surface area (Å²) in [6.45, 7) is 21.6. The van der Waals surface area contributed by atoms with Gasteiger partial charge >= 0.3 is 0 Å². The summed E-state index contributed by atoms with van der Waals surface area (Å²) >= 11 is 0. The molecule has 12 atom stereocenters. The van der Waals surface area contributed by atoms with E-state index in [1.807, 2.05) is 6.92 Å². The van der Waals surface area contributed by atoms with E-state index in [0.29, 0.717) is 18.3 Å². The van der Waals surface area contributed by atoms with Crippen molar-refractivity contribution in [2.75, 3.05) is 0 Å². The van der Waals surface area contributed by atoms with Gasteiger partial charge in [-0.3, -0.25) is 0 Å². The van der Waals surface area contributed by atoms with Crippen molar-refractivity contribution in [3.8, 4) is 0 Å². The lowest BCUT2D eigenvalue weighted by Gasteiger charge is -2.70. The van der Waals surface area contributed by atoms with Crippen molar-refractivity contribution < 1.29 is 25.2 Å². The summed E-state index contributed by atoms with van der Waals surface area (Å²) in [6, 6.07) is 0. The summed E-state index contributed by atoms with van der Waals surface area (Å²) in [5.74, 6) is -1.26. The molecule has 1 heterocycles. The van der Waals surface area contributed by atoms with E-state index in [2.05, 4.69) is 55.0 Å². The van der Waals surface area contributed by atoms with E-state index >= 15 is 0 Å². The molecule has 0 unspecified atom stereocenters. The van der Waals surface area contributed by atoms with Gasteiger partial charge in [-0.2, -0.15) is 0 Å². The van der Waals surface area contributed by atoms with Crippen LogP contribution in [0.5, 0.6) is 0 Å². The zero-order valence-corrected chi connectivity index (χ0v) is 24.0. The Hall–Kier alpha value is -0.460. The van der Waals surface area contributed by atoms with Crippen LogP contribution in [0.15, 0.2) is 12.2 Å². The van der Waals surface area contributed by atoms with Gasteiger partial charge in [0.05, 0.1) is 23.7 Å². The third-order valence-electron chi connectivity index (χ3n) is 13.5. The molecule has 5 rings (SSSR count). The molecule has 206 valence electrons. The molecule has 0 aromatic carbocycles. The SMILES string of the molecule is C=C(C[C@H]1O[C@]2(O)[C@@H]([C@H]3CC[C@@H]4[C@@]5(C)CC[C@H](O)C(C)(C)[C@@H]5CC[C@@]4(C)[C@]3(C)[C@H]2O)[C@@]1(C)O)C(C)C. The minimum absolute atomic E-state index is 0.0339. The molecular weight excluding hydrogens is 452 g/mol. The molecule has 4 aliphatic carbocycles. The minimum atomic E-state index is -1.76. The average Bonchev–Trinajstić information content (AvgIpc) is 3.08. The van der Waals surface area contributed by atoms with Crippen LogP contribution in [0.1, 0.15) is 100 Å². The lowest BCUT2D eigenvalue weighted by atomic mass is 9.35. The van der Waals surface area contributed by atoms with Crippen LogP contribution in [0, 0.1) is 51.2 Å². The van der Waals surface area contributed by atoms with Gasteiger partial charge in [0.1, 0.15) is 6.10 Å². The third-order valence-corrected chi connectivity index (χ3v) is 13.5. The van der Waals surface area contributed by atoms with Gasteiger partial charge in [-0.15, -0.1) is 0 Å². The van der Waals surface area contributed by atoms with Crippen molar-refractivity contribution in [1.29, 1.82) is 0 Å². The fourth-order valence-corrected chi connectivity index (χ4v) is 11.1. The maximum Gasteiger partial charge on any atom is 0.198 e. The molecule has 5 heteroatoms. The van der Waals surface area contributed by atoms with Crippen LogP contribution < -0.4 is 0 Å². The van der Waals surface area contributed by atoms with Gasteiger partial charge in [0.2, 0.25) is 0 Å². The van der Waals surface area contributed by atoms with E-state index in [0.717, 1.165) is 44.1 Å². The molecule has 4 saturated carbocycles. The van der Waals surface area contributed by atoms with Crippen molar-refractivity contribution in [1.82, 2.24) is 0 Å². The van der Waals surface area contributed by atoms with Crippen LogP contribution >= 0.6 is 0 Å². The molecule has 0 aromatic heterocycles. The van der Waals surface area contributed by atoms with Gasteiger partial charge < -0.3 is 25.2 Å². The van der Waals surface area contributed by atoms with Gasteiger partial charge in [-0.25, -0.2) is 0 Å². The predicted molar refractivity (Wildman–Crippen MR) is 141 cm³/mol. The fourth-order valence-electron chi connectivity index (χ4n) is 11.1. The first-order chi connectivity index (χ1) is 16.4. The highest BCUT2D eigenvalue weighted by molar-refractivity contribution is 5.27. The van der Waals surface area contributed by atoms with Crippen LogP contribution in [-0.2, 0) is 4.74 Å². The van der Waals surface area contributed by atoms with Crippen molar-refractivity contribution in [3.05, 3.63) is 12.2 Å². The molecule has 0 radical (unpaired) electrons. The molecule has 5 nitrogen and oxygen atoms in total. The van der Waals surface area contributed by atoms with E-state index in [1.54, 1.807) is 0 Å². The summed E-state index contributed by atoms with van der Waals surface area (Å²) in [4.78, 5) is 0. The quantitative estimate of drug-likeness (QED) is 0.404. The first-order valence-electron chi connectivity index (χ1n) is 14.6. The molecule has 0 aromatic rings. The van der Waals surface area contributed by atoms with Crippen molar-refractivity contribution in [2.45, 2.75) is 130 Å². The average molecular weight is 505 g/mol. The molecule has 5 aliphatic rings. The highest BCUT2D eigenvalue weighted by Gasteiger charge is 2.81. The number of hydrogen-bond acceptors (Lipinski definition) is 5. The van der Waals surface area contributed by atoms with Gasteiger partial charge in [-0.1, -0.05) is 60.6 Å². The summed E-state index contributed by atoms with van der Waals surface area (Å²) in [7, 11) is 0. The lowest BCUT2D eigenvalue weighted by Crippen LogP contribution is -2.66. The standard InChI is InChI=1S/C31H52O5/c1-17(2)18(3)16-23-30(9,34)24-19-10-11-21-27(6)14-13-22(32)26(4,5)20(27)12-15-28(21,7)29(19,8)25(33)31(24,35)36-23/h17,19-25,32-35H,3,10-16H2,1-2,4-9H3/t19-,20+,21-,22+,23-,24+,25-,27+,28-,29+,30+,31-/m1/s1. The number of rotatable bonds is 3. The zero-order chi connectivity index (χ0) is 26.9. The Kier molecular flexibility index (Phi) is 5.88. The molecular formula is C31H52O5. The summed E-state index contributed by atoms with van der Waals surface area (Å²) in [5.41, 5.74) is -1.09. The van der Waals surface area contributed by atoms with Crippen molar-refractivity contribution in [3.63, 3.8) is 0 Å². The Balaban J connectivity index is 1.53. The van der Waals surface area contributed by atoms with E-state index < -0.39 is 34.9 Å². The van der Waals surface area contributed by atoms with E-state index in [9.17, 15) is 20.4 Å². The summed E-state index contributed by atoms with van der Waals surface area (Å²) in [6.07, 6.45) is 4.23. The van der Waals surface area contributed by atoms with Crippen molar-refractivity contribution in [2.24, 2.45) is 51.2 Å². The monoisotopic (exact) mass is 504 g/mol. The first-order valence-corrected chi connectivity index (χ1v) is 14.6. The second-order valence-corrected chi connectivity index (χ2v) is 15.4. The van der Waals surface area contributed by atoms with Crippen LogP contribution in [0.2, 0.25) is 0 Å². The van der Waals surface area contributed by atoms with Gasteiger partial charge in [0, 0.05) is 5.41 Å². The van der Waals surface area contributed by atoms with Gasteiger partial charge in [0.15, 0.2) is 5.79 Å².